The van der Waals surface area contributed by atoms with Crippen LogP contribution in [0.2, 0.25) is 0 Å². The van der Waals surface area contributed by atoms with Gasteiger partial charge in [0.2, 0.25) is 0 Å². The number of benzene rings is 1. The van der Waals surface area contributed by atoms with Crippen molar-refractivity contribution in [2.24, 2.45) is 5.92 Å². The van der Waals surface area contributed by atoms with Crippen LogP contribution in [0.3, 0.4) is 0 Å². The van der Waals surface area contributed by atoms with Gasteiger partial charge in [0.15, 0.2) is 0 Å². The summed E-state index contributed by atoms with van der Waals surface area (Å²) in [6.07, 6.45) is 5.31. The molecule has 0 aliphatic carbocycles. The second kappa shape index (κ2) is 8.26. The molecule has 1 aliphatic rings. The SMILES string of the molecule is CNCC1CCN(C(=O)c2ccc(-n3cncn3)c(C)c2)CC1.Cl. The van der Waals surface area contributed by atoms with Crippen molar-refractivity contribution in [3.05, 3.63) is 42.0 Å². The third-order valence-electron chi connectivity index (χ3n) is 4.50. The highest BCUT2D eigenvalue weighted by Gasteiger charge is 2.23. The zero-order valence-corrected chi connectivity index (χ0v) is 14.9. The average Bonchev–Trinajstić information content (AvgIpc) is 3.09. The van der Waals surface area contributed by atoms with E-state index < -0.39 is 0 Å². The van der Waals surface area contributed by atoms with Crippen LogP contribution in [0.1, 0.15) is 28.8 Å². The van der Waals surface area contributed by atoms with E-state index in [0.29, 0.717) is 5.92 Å². The molecule has 0 atom stereocenters. The Morgan fingerprint density at radius 1 is 1.33 bits per heavy atom. The second-order valence-electron chi connectivity index (χ2n) is 6.13. The molecule has 1 N–H and O–H groups in total. The van der Waals surface area contributed by atoms with Gasteiger partial charge in [-0.25, -0.2) is 9.67 Å². The lowest BCUT2D eigenvalue weighted by Crippen LogP contribution is -2.40. The molecule has 0 radical (unpaired) electrons. The first-order valence-electron chi connectivity index (χ1n) is 8.08. The summed E-state index contributed by atoms with van der Waals surface area (Å²) >= 11 is 0. The number of hydrogen-bond acceptors (Lipinski definition) is 4. The number of rotatable bonds is 4. The van der Waals surface area contributed by atoms with Gasteiger partial charge in [0.25, 0.3) is 5.91 Å². The van der Waals surface area contributed by atoms with E-state index in [4.69, 9.17) is 0 Å². The highest BCUT2D eigenvalue weighted by Crippen LogP contribution is 2.20. The number of aromatic nitrogens is 3. The Bertz CT molecular complexity index is 666. The molecule has 1 aromatic heterocycles. The molecule has 1 aromatic carbocycles. The maximum Gasteiger partial charge on any atom is 0.253 e. The molecule has 2 aromatic rings. The minimum atomic E-state index is 0. The van der Waals surface area contributed by atoms with Crippen LogP contribution in [0, 0.1) is 12.8 Å². The van der Waals surface area contributed by atoms with Crippen molar-refractivity contribution in [1.82, 2.24) is 25.0 Å². The summed E-state index contributed by atoms with van der Waals surface area (Å²) in [6.45, 7) is 4.71. The summed E-state index contributed by atoms with van der Waals surface area (Å²) in [5.74, 6) is 0.807. The first-order chi connectivity index (χ1) is 11.2. The Kier molecular flexibility index (Phi) is 6.34. The molecule has 1 fully saturated rings. The van der Waals surface area contributed by atoms with Gasteiger partial charge < -0.3 is 10.2 Å². The summed E-state index contributed by atoms with van der Waals surface area (Å²) in [4.78, 5) is 18.6. The molecular weight excluding hydrogens is 326 g/mol. The Balaban J connectivity index is 0.00000208. The highest BCUT2D eigenvalue weighted by molar-refractivity contribution is 5.94. The van der Waals surface area contributed by atoms with Crippen LogP contribution >= 0.6 is 12.4 Å². The Morgan fingerprint density at radius 2 is 2.08 bits per heavy atom. The number of piperidine rings is 1. The van der Waals surface area contributed by atoms with E-state index in [2.05, 4.69) is 15.4 Å². The molecule has 0 unspecified atom stereocenters. The van der Waals surface area contributed by atoms with Gasteiger partial charge in [0.1, 0.15) is 12.7 Å². The van der Waals surface area contributed by atoms with Crippen molar-refractivity contribution in [3.63, 3.8) is 0 Å². The largest absolute Gasteiger partial charge is 0.339 e. The quantitative estimate of drug-likeness (QED) is 0.917. The van der Waals surface area contributed by atoms with E-state index in [1.807, 2.05) is 37.1 Å². The van der Waals surface area contributed by atoms with Gasteiger partial charge in [-0.1, -0.05) is 0 Å². The fraction of sp³-hybridized carbons (Fsp3) is 0.471. The predicted molar refractivity (Wildman–Crippen MR) is 95.9 cm³/mol. The normalized spacial score (nSPS) is 15.2. The third kappa shape index (κ3) is 3.94. The Labute approximate surface area is 148 Å². The van der Waals surface area contributed by atoms with Gasteiger partial charge in [-0.05, 0) is 63.0 Å². The lowest BCUT2D eigenvalue weighted by Gasteiger charge is -2.32. The molecule has 24 heavy (non-hydrogen) atoms. The smallest absolute Gasteiger partial charge is 0.253 e. The van der Waals surface area contributed by atoms with Crippen molar-refractivity contribution in [2.75, 3.05) is 26.7 Å². The van der Waals surface area contributed by atoms with Crippen molar-refractivity contribution in [1.29, 1.82) is 0 Å². The zero-order valence-electron chi connectivity index (χ0n) is 14.1. The number of aryl methyl sites for hydroxylation is 1. The van der Waals surface area contributed by atoms with Gasteiger partial charge in [-0.15, -0.1) is 12.4 Å². The highest BCUT2D eigenvalue weighted by atomic mass is 35.5. The molecular formula is C17H24ClN5O. The van der Waals surface area contributed by atoms with Gasteiger partial charge in [-0.3, -0.25) is 4.79 Å². The van der Waals surface area contributed by atoms with Crippen LogP contribution < -0.4 is 5.32 Å². The van der Waals surface area contributed by atoms with Gasteiger partial charge in [0, 0.05) is 18.7 Å². The summed E-state index contributed by atoms with van der Waals surface area (Å²) in [5, 5.41) is 7.37. The molecule has 0 saturated carbocycles. The number of nitrogens with one attached hydrogen (secondary N) is 1. The monoisotopic (exact) mass is 349 g/mol. The van der Waals surface area contributed by atoms with E-state index >= 15 is 0 Å². The van der Waals surface area contributed by atoms with Crippen molar-refractivity contribution in [3.8, 4) is 5.69 Å². The minimum Gasteiger partial charge on any atom is -0.339 e. The number of hydrogen-bond donors (Lipinski definition) is 1. The van der Waals surface area contributed by atoms with Crippen molar-refractivity contribution < 1.29 is 4.79 Å². The minimum absolute atomic E-state index is 0. The number of likely N-dealkylation sites (tertiary alicyclic amines) is 1. The number of nitrogens with zero attached hydrogens (tertiary/aromatic N) is 4. The number of amides is 1. The Hall–Kier alpha value is -1.92. The van der Waals surface area contributed by atoms with E-state index in [-0.39, 0.29) is 18.3 Å². The number of halogens is 1. The summed E-state index contributed by atoms with van der Waals surface area (Å²) in [7, 11) is 1.98. The van der Waals surface area contributed by atoms with E-state index in [0.717, 1.165) is 49.3 Å². The molecule has 1 amide bonds. The van der Waals surface area contributed by atoms with E-state index in [9.17, 15) is 4.79 Å². The number of carbonyl (C=O) groups is 1. The van der Waals surface area contributed by atoms with Gasteiger partial charge >= 0.3 is 0 Å². The molecule has 1 aliphatic heterocycles. The van der Waals surface area contributed by atoms with E-state index in [1.165, 1.54) is 6.33 Å². The zero-order chi connectivity index (χ0) is 16.2. The summed E-state index contributed by atoms with van der Waals surface area (Å²) < 4.78 is 1.72. The van der Waals surface area contributed by atoms with Crippen LogP contribution in [0.25, 0.3) is 5.69 Å². The van der Waals surface area contributed by atoms with Crippen LogP contribution in [0.15, 0.2) is 30.9 Å². The fourth-order valence-corrected chi connectivity index (χ4v) is 3.19. The molecule has 6 nitrogen and oxygen atoms in total. The van der Waals surface area contributed by atoms with Crippen molar-refractivity contribution >= 4 is 18.3 Å². The standard InChI is InChI=1S/C17H23N5O.ClH/c1-13-9-15(3-4-16(13)22-12-19-11-20-22)17(23)21-7-5-14(6-8-21)10-18-2;/h3-4,9,11-12,14,18H,5-8,10H2,1-2H3;1H. The first kappa shape index (κ1) is 18.4. The molecule has 0 spiro atoms. The van der Waals surface area contributed by atoms with Crippen LogP contribution in [-0.2, 0) is 0 Å². The molecule has 1 saturated heterocycles. The summed E-state index contributed by atoms with van der Waals surface area (Å²) in [6, 6.07) is 5.76. The molecule has 130 valence electrons. The molecule has 7 heteroatoms. The summed E-state index contributed by atoms with van der Waals surface area (Å²) in [5.41, 5.74) is 2.72. The first-order valence-corrected chi connectivity index (χ1v) is 8.08. The van der Waals surface area contributed by atoms with Crippen LogP contribution in [0.4, 0.5) is 0 Å². The molecule has 0 bridgehead atoms. The van der Waals surface area contributed by atoms with Crippen LogP contribution in [0.5, 0.6) is 0 Å². The topological polar surface area (TPSA) is 63.1 Å². The van der Waals surface area contributed by atoms with Crippen molar-refractivity contribution in [2.45, 2.75) is 19.8 Å². The second-order valence-corrected chi connectivity index (χ2v) is 6.13. The molecule has 2 heterocycles. The van der Waals surface area contributed by atoms with Crippen LogP contribution in [-0.4, -0.2) is 52.3 Å². The fourth-order valence-electron chi connectivity index (χ4n) is 3.19. The average molecular weight is 350 g/mol. The van der Waals surface area contributed by atoms with E-state index in [1.54, 1.807) is 11.0 Å². The maximum atomic E-state index is 12.7. The lowest BCUT2D eigenvalue weighted by molar-refractivity contribution is 0.0691. The van der Waals surface area contributed by atoms with Gasteiger partial charge in [0.05, 0.1) is 5.69 Å². The maximum absolute atomic E-state index is 12.7. The molecule has 3 rings (SSSR count). The lowest BCUT2D eigenvalue weighted by atomic mass is 9.96. The number of carbonyl (C=O) groups excluding carboxylic acids is 1. The predicted octanol–water partition coefficient (Wildman–Crippen LogP) is 2.07. The van der Waals surface area contributed by atoms with Gasteiger partial charge in [-0.2, -0.15) is 5.10 Å². The Morgan fingerprint density at radius 3 is 2.67 bits per heavy atom. The third-order valence-corrected chi connectivity index (χ3v) is 4.50.